The molecule has 0 aromatic rings. The molecule has 2 saturated carbocycles. The highest BCUT2D eigenvalue weighted by atomic mass is 16.3. The molecule has 0 saturated heterocycles. The number of fused-ring (bicyclic) bond motifs is 2. The van der Waals surface area contributed by atoms with E-state index in [1.165, 1.54) is 0 Å². The molecule has 1 N–H and O–H groups in total. The molecule has 1 nitrogen and oxygen atoms in total. The maximum Gasteiger partial charge on any atom is 0.0596 e. The van der Waals surface area contributed by atoms with Gasteiger partial charge in [0.05, 0.1) is 6.10 Å². The van der Waals surface area contributed by atoms with E-state index in [2.05, 4.69) is 0 Å². The summed E-state index contributed by atoms with van der Waals surface area (Å²) in [7, 11) is 0. The van der Waals surface area contributed by atoms with Crippen LogP contribution in [0.3, 0.4) is 0 Å². The highest BCUT2D eigenvalue weighted by Crippen LogP contribution is 2.44. The average molecular weight is 114 g/mol. The molecular formula is C7H12O. The molecule has 2 rings (SSSR count). The van der Waals surface area contributed by atoms with E-state index in [1.807, 2.05) is 0 Å². The van der Waals surface area contributed by atoms with Crippen molar-refractivity contribution in [1.82, 2.24) is 0 Å². The molecule has 0 aromatic heterocycles. The summed E-state index contributed by atoms with van der Waals surface area (Å²) in [5.41, 5.74) is 0. The van der Waals surface area contributed by atoms with Crippen LogP contribution in [0.25, 0.3) is 0 Å². The number of hydrogen-bond donors (Lipinski definition) is 1. The quantitative estimate of drug-likeness (QED) is 0.501. The van der Waals surface area contributed by atoms with Gasteiger partial charge in [0, 0.05) is 2.74 Å². The summed E-state index contributed by atoms with van der Waals surface area (Å²) in [4.78, 5) is 0. The molecular weight excluding hydrogens is 100 g/mol. The Morgan fingerprint density at radius 2 is 1.75 bits per heavy atom. The molecule has 0 heterocycles. The molecule has 0 radical (unpaired) electrons. The first-order valence-corrected chi connectivity index (χ1v) is 3.24. The minimum absolute atomic E-state index is 0.118. The zero-order valence-corrected chi connectivity index (χ0v) is 4.75. The normalized spacial score (nSPS) is 74.9. The van der Waals surface area contributed by atoms with Gasteiger partial charge < -0.3 is 5.11 Å². The van der Waals surface area contributed by atoms with Crippen LogP contribution >= 0.6 is 0 Å². The van der Waals surface area contributed by atoms with Gasteiger partial charge in [0.1, 0.15) is 0 Å². The largest absolute Gasteiger partial charge is 0.393 e. The first-order chi connectivity index (χ1) is 4.72. The Morgan fingerprint density at radius 1 is 1.25 bits per heavy atom. The van der Waals surface area contributed by atoms with Crippen LogP contribution in [0, 0.1) is 11.8 Å². The molecule has 2 aliphatic carbocycles. The van der Waals surface area contributed by atoms with Crippen molar-refractivity contribution in [3.05, 3.63) is 0 Å². The van der Waals surface area contributed by atoms with Gasteiger partial charge in [0.2, 0.25) is 0 Å². The van der Waals surface area contributed by atoms with E-state index in [4.69, 9.17) is 2.74 Å². The van der Waals surface area contributed by atoms with Gasteiger partial charge in [-0.2, -0.15) is 0 Å². The van der Waals surface area contributed by atoms with Gasteiger partial charge in [-0.05, 0) is 37.5 Å². The maximum atomic E-state index is 9.43. The number of rotatable bonds is 0. The molecule has 5 atom stereocenters. The van der Waals surface area contributed by atoms with Crippen molar-refractivity contribution < 1.29 is 7.85 Å². The number of aliphatic hydroxyl groups is 1. The third-order valence-electron chi connectivity index (χ3n) is 2.32. The Morgan fingerprint density at radius 3 is 2.00 bits per heavy atom. The van der Waals surface area contributed by atoms with Crippen LogP contribution in [0.15, 0.2) is 0 Å². The van der Waals surface area contributed by atoms with Crippen molar-refractivity contribution in [2.75, 3.05) is 0 Å². The first kappa shape index (κ1) is 3.21. The van der Waals surface area contributed by atoms with Crippen molar-refractivity contribution >= 4 is 0 Å². The fraction of sp³-hybridized carbons (Fsp3) is 1.00. The Hall–Kier alpha value is -0.0400. The minimum atomic E-state index is -0.329. The summed E-state index contributed by atoms with van der Waals surface area (Å²) in [6, 6.07) is 0. The second-order valence-electron chi connectivity index (χ2n) is 2.78. The van der Waals surface area contributed by atoms with Gasteiger partial charge in [-0.3, -0.25) is 0 Å². The van der Waals surface area contributed by atoms with E-state index >= 15 is 0 Å². The Bertz CT molecular complexity index is 127. The van der Waals surface area contributed by atoms with E-state index in [0.717, 1.165) is 12.8 Å². The lowest BCUT2D eigenvalue weighted by Gasteiger charge is -2.04. The van der Waals surface area contributed by atoms with Gasteiger partial charge in [0.15, 0.2) is 0 Å². The molecule has 2 bridgehead atoms. The predicted molar refractivity (Wildman–Crippen MR) is 31.5 cm³/mol. The summed E-state index contributed by atoms with van der Waals surface area (Å²) in [6.07, 6.45) is 0.984. The van der Waals surface area contributed by atoms with Crippen LogP contribution in [0.4, 0.5) is 0 Å². The Kier molecular flexibility index (Phi) is 0.591. The lowest BCUT2D eigenvalue weighted by Crippen LogP contribution is -2.10. The predicted octanol–water partition coefficient (Wildman–Crippen LogP) is 1.17. The molecule has 2 aliphatic rings. The summed E-state index contributed by atoms with van der Waals surface area (Å²) >= 11 is 0. The summed E-state index contributed by atoms with van der Waals surface area (Å²) in [5, 5.41) is 9.43. The topological polar surface area (TPSA) is 20.2 Å². The second-order valence-corrected chi connectivity index (χ2v) is 2.78. The fourth-order valence-corrected chi connectivity index (χ4v) is 1.75. The van der Waals surface area contributed by atoms with Gasteiger partial charge in [-0.1, -0.05) is 0 Å². The van der Waals surface area contributed by atoms with E-state index in [9.17, 15) is 5.11 Å². The van der Waals surface area contributed by atoms with Crippen molar-refractivity contribution in [3.8, 4) is 0 Å². The number of hydrogen-bond acceptors (Lipinski definition) is 1. The third kappa shape index (κ3) is 0.455. The highest BCUT2D eigenvalue weighted by molar-refractivity contribution is 4.91. The molecule has 0 aromatic carbocycles. The Labute approximate surface area is 52.5 Å². The molecule has 1 unspecified atom stereocenters. The lowest BCUT2D eigenvalue weighted by atomic mass is 10.0. The second kappa shape index (κ2) is 1.47. The van der Waals surface area contributed by atoms with Crippen molar-refractivity contribution in [3.63, 3.8) is 0 Å². The van der Waals surface area contributed by atoms with Crippen LogP contribution in [0.5, 0.6) is 0 Å². The minimum Gasteiger partial charge on any atom is -0.393 e. The van der Waals surface area contributed by atoms with Crippen molar-refractivity contribution in [2.24, 2.45) is 11.8 Å². The van der Waals surface area contributed by atoms with Crippen molar-refractivity contribution in [1.29, 1.82) is 0 Å². The maximum absolute atomic E-state index is 9.43. The van der Waals surface area contributed by atoms with Gasteiger partial charge in [-0.15, -0.1) is 0 Å². The molecule has 8 heavy (non-hydrogen) atoms. The molecule has 0 spiro atoms. The third-order valence-corrected chi connectivity index (χ3v) is 2.32. The molecule has 46 valence electrons. The van der Waals surface area contributed by atoms with Crippen LogP contribution in [0.1, 0.15) is 28.4 Å². The monoisotopic (exact) mass is 114 g/mol. The zero-order valence-electron chi connectivity index (χ0n) is 6.75. The smallest absolute Gasteiger partial charge is 0.0596 e. The summed E-state index contributed by atoms with van der Waals surface area (Å²) < 4.78 is 15.0. The first-order valence-electron chi connectivity index (χ1n) is 4.40. The fourth-order valence-electron chi connectivity index (χ4n) is 1.75. The summed E-state index contributed by atoms with van der Waals surface area (Å²) in [6.45, 7) is 0. The standard InChI is InChI=1S/C7H12O/c8-7-5-1-2-6(7)4-3-5/h5-8H,1-4H2/t5-,6+,7?/i1D,2D/t1-,2+,5+,6-,7?. The van der Waals surface area contributed by atoms with Crippen LogP contribution in [-0.4, -0.2) is 11.2 Å². The molecule has 0 aliphatic heterocycles. The van der Waals surface area contributed by atoms with Gasteiger partial charge >= 0.3 is 0 Å². The highest BCUT2D eigenvalue weighted by Gasteiger charge is 2.39. The molecule has 2 fully saturated rings. The lowest BCUT2D eigenvalue weighted by molar-refractivity contribution is 0.128. The van der Waals surface area contributed by atoms with Gasteiger partial charge in [0.25, 0.3) is 0 Å². The van der Waals surface area contributed by atoms with E-state index in [-0.39, 0.29) is 30.7 Å². The van der Waals surface area contributed by atoms with Crippen LogP contribution < -0.4 is 0 Å². The zero-order chi connectivity index (χ0) is 7.30. The summed E-state index contributed by atoms with van der Waals surface area (Å²) in [5.74, 6) is 0.236. The molecule has 1 heteroatoms. The van der Waals surface area contributed by atoms with Crippen LogP contribution in [-0.2, 0) is 0 Å². The van der Waals surface area contributed by atoms with Gasteiger partial charge in [-0.25, -0.2) is 0 Å². The Balaban J connectivity index is 2.21. The van der Waals surface area contributed by atoms with E-state index in [1.54, 1.807) is 0 Å². The van der Waals surface area contributed by atoms with E-state index in [0.29, 0.717) is 0 Å². The molecule has 0 amide bonds. The number of aliphatic hydroxyl groups excluding tert-OH is 1. The van der Waals surface area contributed by atoms with E-state index < -0.39 is 0 Å². The SMILES string of the molecule is [2H][C@@H]1[C@H]([2H])[C@@H]2CC[C@H]1C2O. The average Bonchev–Trinajstić information content (AvgIpc) is 2.34. The van der Waals surface area contributed by atoms with Crippen molar-refractivity contribution in [2.45, 2.75) is 31.7 Å². The van der Waals surface area contributed by atoms with Crippen LogP contribution in [0.2, 0.25) is 0 Å².